The van der Waals surface area contributed by atoms with Gasteiger partial charge < -0.3 is 10.2 Å². The molecule has 1 amide bonds. The molecule has 1 aliphatic heterocycles. The molecule has 6 heteroatoms. The fraction of sp³-hybridized carbons (Fsp3) is 0.350. The van der Waals surface area contributed by atoms with Crippen LogP contribution in [0.4, 0.5) is 20.2 Å². The van der Waals surface area contributed by atoms with Crippen LogP contribution >= 0.6 is 0 Å². The van der Waals surface area contributed by atoms with Crippen LogP contribution in [0.15, 0.2) is 42.5 Å². The van der Waals surface area contributed by atoms with Gasteiger partial charge in [-0.1, -0.05) is 12.1 Å². The van der Waals surface area contributed by atoms with E-state index in [-0.39, 0.29) is 17.6 Å². The number of amides is 1. The Hall–Kier alpha value is -2.47. The van der Waals surface area contributed by atoms with Crippen LogP contribution in [0.2, 0.25) is 0 Å². The summed E-state index contributed by atoms with van der Waals surface area (Å²) >= 11 is 0. The zero-order chi connectivity index (χ0) is 18.7. The van der Waals surface area contributed by atoms with E-state index in [0.29, 0.717) is 0 Å². The average Bonchev–Trinajstić information content (AvgIpc) is 2.63. The predicted octanol–water partition coefficient (Wildman–Crippen LogP) is 3.42. The minimum Gasteiger partial charge on any atom is -0.369 e. The van der Waals surface area contributed by atoms with E-state index in [1.165, 1.54) is 17.3 Å². The lowest BCUT2D eigenvalue weighted by Crippen LogP contribution is -2.52. The third kappa shape index (κ3) is 4.19. The highest BCUT2D eigenvalue weighted by Gasteiger charge is 2.26. The van der Waals surface area contributed by atoms with Crippen molar-refractivity contribution in [2.45, 2.75) is 19.9 Å². The quantitative estimate of drug-likeness (QED) is 0.909. The summed E-state index contributed by atoms with van der Waals surface area (Å²) in [5.41, 5.74) is 2.41. The summed E-state index contributed by atoms with van der Waals surface area (Å²) in [6, 6.07) is 11.1. The molecule has 1 heterocycles. The average molecular weight is 359 g/mol. The minimum atomic E-state index is -0.769. The van der Waals surface area contributed by atoms with Gasteiger partial charge in [-0.15, -0.1) is 0 Å². The molecule has 0 saturated carbocycles. The zero-order valence-corrected chi connectivity index (χ0v) is 15.0. The first-order chi connectivity index (χ1) is 12.4. The van der Waals surface area contributed by atoms with Crippen LogP contribution in [0.5, 0.6) is 0 Å². The number of hydrogen-bond donors (Lipinski definition) is 1. The Balaban J connectivity index is 1.57. The van der Waals surface area contributed by atoms with Gasteiger partial charge >= 0.3 is 0 Å². The summed E-state index contributed by atoms with van der Waals surface area (Å²) in [6.07, 6.45) is 0. The van der Waals surface area contributed by atoms with Crippen molar-refractivity contribution in [3.8, 4) is 0 Å². The highest BCUT2D eigenvalue weighted by molar-refractivity contribution is 5.94. The summed E-state index contributed by atoms with van der Waals surface area (Å²) in [6.45, 7) is 7.01. The molecule has 2 aromatic rings. The van der Waals surface area contributed by atoms with Gasteiger partial charge in [0.05, 0.1) is 11.7 Å². The first-order valence-electron chi connectivity index (χ1n) is 8.75. The third-order valence-electron chi connectivity index (χ3n) is 4.80. The van der Waals surface area contributed by atoms with Crippen LogP contribution < -0.4 is 10.2 Å². The Labute approximate surface area is 152 Å². The van der Waals surface area contributed by atoms with Gasteiger partial charge in [-0.3, -0.25) is 9.69 Å². The molecule has 0 radical (unpaired) electrons. The van der Waals surface area contributed by atoms with Gasteiger partial charge in [-0.2, -0.15) is 0 Å². The fourth-order valence-electron chi connectivity index (χ4n) is 3.19. The fourth-order valence-corrected chi connectivity index (χ4v) is 3.19. The van der Waals surface area contributed by atoms with Crippen molar-refractivity contribution in [3.05, 3.63) is 59.7 Å². The van der Waals surface area contributed by atoms with E-state index in [1.54, 1.807) is 6.92 Å². The summed E-state index contributed by atoms with van der Waals surface area (Å²) in [5.74, 6) is -1.73. The molecule has 1 aliphatic rings. The molecule has 1 fully saturated rings. The number of piperazine rings is 1. The number of anilines is 2. The predicted molar refractivity (Wildman–Crippen MR) is 99.4 cm³/mol. The molecule has 0 aromatic heterocycles. The van der Waals surface area contributed by atoms with E-state index < -0.39 is 11.6 Å². The SMILES string of the molecule is Cc1cccc(N2CCN(C(C)C(=O)Nc3ccc(F)cc3F)CC2)c1. The van der Waals surface area contributed by atoms with Crippen LogP contribution in [0.1, 0.15) is 12.5 Å². The molecule has 0 aliphatic carbocycles. The van der Waals surface area contributed by atoms with Gasteiger partial charge in [0.1, 0.15) is 11.6 Å². The minimum absolute atomic E-state index is 0.00152. The van der Waals surface area contributed by atoms with Gasteiger partial charge in [-0.25, -0.2) is 8.78 Å². The Morgan fingerprint density at radius 3 is 2.46 bits per heavy atom. The Bertz CT molecular complexity index is 788. The number of carbonyl (C=O) groups excluding carboxylic acids is 1. The molecule has 26 heavy (non-hydrogen) atoms. The highest BCUT2D eigenvalue weighted by atomic mass is 19.1. The molecule has 1 unspecified atom stereocenters. The summed E-state index contributed by atoms with van der Waals surface area (Å²) in [7, 11) is 0. The van der Waals surface area contributed by atoms with Crippen molar-refractivity contribution in [2.75, 3.05) is 36.4 Å². The normalized spacial score (nSPS) is 16.4. The van der Waals surface area contributed by atoms with Crippen LogP contribution in [-0.2, 0) is 4.79 Å². The third-order valence-corrected chi connectivity index (χ3v) is 4.80. The summed E-state index contributed by atoms with van der Waals surface area (Å²) < 4.78 is 26.7. The van der Waals surface area contributed by atoms with E-state index >= 15 is 0 Å². The second kappa shape index (κ2) is 7.83. The molecule has 138 valence electrons. The first kappa shape index (κ1) is 18.3. The number of nitrogens with zero attached hydrogens (tertiary/aromatic N) is 2. The topological polar surface area (TPSA) is 35.6 Å². The lowest BCUT2D eigenvalue weighted by Gasteiger charge is -2.38. The molecule has 1 atom stereocenters. The molecule has 1 saturated heterocycles. The molecule has 4 nitrogen and oxygen atoms in total. The van der Waals surface area contributed by atoms with E-state index in [1.807, 2.05) is 6.07 Å². The number of benzene rings is 2. The number of rotatable bonds is 4. The van der Waals surface area contributed by atoms with Gasteiger partial charge in [-0.05, 0) is 43.7 Å². The van der Waals surface area contributed by atoms with Gasteiger partial charge in [0, 0.05) is 37.9 Å². The maximum Gasteiger partial charge on any atom is 0.241 e. The smallest absolute Gasteiger partial charge is 0.241 e. The Kier molecular flexibility index (Phi) is 5.52. The van der Waals surface area contributed by atoms with Crippen molar-refractivity contribution in [2.24, 2.45) is 0 Å². The van der Waals surface area contributed by atoms with Crippen molar-refractivity contribution < 1.29 is 13.6 Å². The monoisotopic (exact) mass is 359 g/mol. The van der Waals surface area contributed by atoms with Crippen LogP contribution in [-0.4, -0.2) is 43.0 Å². The van der Waals surface area contributed by atoms with E-state index in [0.717, 1.165) is 38.3 Å². The van der Waals surface area contributed by atoms with E-state index in [2.05, 4.69) is 40.2 Å². The number of nitrogens with one attached hydrogen (secondary N) is 1. The summed E-state index contributed by atoms with van der Waals surface area (Å²) in [4.78, 5) is 16.8. The number of aryl methyl sites for hydroxylation is 1. The molecule has 3 rings (SSSR count). The molecule has 1 N–H and O–H groups in total. The number of hydrogen-bond acceptors (Lipinski definition) is 3. The maximum atomic E-state index is 13.7. The second-order valence-electron chi connectivity index (χ2n) is 6.65. The van der Waals surface area contributed by atoms with Gasteiger partial charge in [0.2, 0.25) is 5.91 Å². The number of carbonyl (C=O) groups is 1. The maximum absolute atomic E-state index is 13.7. The van der Waals surface area contributed by atoms with E-state index in [9.17, 15) is 13.6 Å². The lowest BCUT2D eigenvalue weighted by atomic mass is 10.1. The van der Waals surface area contributed by atoms with Crippen LogP contribution in [0.3, 0.4) is 0 Å². The molecule has 0 spiro atoms. The Morgan fingerprint density at radius 1 is 1.08 bits per heavy atom. The van der Waals surface area contributed by atoms with Crippen molar-refractivity contribution in [1.82, 2.24) is 4.90 Å². The molecular weight excluding hydrogens is 336 g/mol. The van der Waals surface area contributed by atoms with E-state index in [4.69, 9.17) is 0 Å². The van der Waals surface area contributed by atoms with Crippen molar-refractivity contribution in [1.29, 1.82) is 0 Å². The standard InChI is InChI=1S/C20H23F2N3O/c1-14-4-3-5-17(12-14)25-10-8-24(9-11-25)15(2)20(26)23-19-7-6-16(21)13-18(19)22/h3-7,12-13,15H,8-11H2,1-2H3,(H,23,26). The largest absolute Gasteiger partial charge is 0.369 e. The summed E-state index contributed by atoms with van der Waals surface area (Å²) in [5, 5.41) is 2.55. The Morgan fingerprint density at radius 2 is 1.81 bits per heavy atom. The van der Waals surface area contributed by atoms with Crippen molar-refractivity contribution in [3.63, 3.8) is 0 Å². The molecular formula is C20H23F2N3O. The lowest BCUT2D eigenvalue weighted by molar-refractivity contribution is -0.120. The van der Waals surface area contributed by atoms with Crippen LogP contribution in [0.25, 0.3) is 0 Å². The van der Waals surface area contributed by atoms with Crippen LogP contribution in [0, 0.1) is 18.6 Å². The molecule has 0 bridgehead atoms. The second-order valence-corrected chi connectivity index (χ2v) is 6.65. The van der Waals surface area contributed by atoms with Gasteiger partial charge in [0.15, 0.2) is 0 Å². The number of halogens is 2. The zero-order valence-electron chi connectivity index (χ0n) is 15.0. The first-order valence-corrected chi connectivity index (χ1v) is 8.75. The molecule has 2 aromatic carbocycles. The van der Waals surface area contributed by atoms with Crippen molar-refractivity contribution >= 4 is 17.3 Å². The highest BCUT2D eigenvalue weighted by Crippen LogP contribution is 2.20. The van der Waals surface area contributed by atoms with Gasteiger partial charge in [0.25, 0.3) is 0 Å².